The fourth-order valence-electron chi connectivity index (χ4n) is 3.06. The van der Waals surface area contributed by atoms with Crippen molar-refractivity contribution in [2.24, 2.45) is 0 Å². The number of amides is 1. The Balaban J connectivity index is 0.00000192. The SMILES string of the molecule is CC(Cc1cccs1)NC(=O)C1(n2cccn2)CCNCC1.Cl. The van der Waals surface area contributed by atoms with Crippen molar-refractivity contribution in [3.63, 3.8) is 0 Å². The maximum Gasteiger partial charge on any atom is 0.248 e. The second-order valence-electron chi connectivity index (χ2n) is 5.89. The van der Waals surface area contributed by atoms with E-state index in [4.69, 9.17) is 0 Å². The van der Waals surface area contributed by atoms with Crippen LogP contribution in [0, 0.1) is 0 Å². The van der Waals surface area contributed by atoms with Gasteiger partial charge < -0.3 is 10.6 Å². The minimum Gasteiger partial charge on any atom is -0.351 e. The molecule has 0 radical (unpaired) electrons. The molecule has 5 nitrogen and oxygen atoms in total. The number of rotatable bonds is 5. The Morgan fingerprint density at radius 3 is 2.87 bits per heavy atom. The van der Waals surface area contributed by atoms with E-state index in [2.05, 4.69) is 34.1 Å². The number of nitrogens with zero attached hydrogens (tertiary/aromatic N) is 2. The van der Waals surface area contributed by atoms with Gasteiger partial charge in [0, 0.05) is 29.7 Å². The highest BCUT2D eigenvalue weighted by molar-refractivity contribution is 7.09. The van der Waals surface area contributed by atoms with Gasteiger partial charge in [0.2, 0.25) is 5.91 Å². The summed E-state index contributed by atoms with van der Waals surface area (Å²) < 4.78 is 1.83. The first-order chi connectivity index (χ1) is 10.7. The van der Waals surface area contributed by atoms with Gasteiger partial charge >= 0.3 is 0 Å². The molecule has 7 heteroatoms. The van der Waals surface area contributed by atoms with Crippen LogP contribution in [0.5, 0.6) is 0 Å². The number of hydrogen-bond donors (Lipinski definition) is 2. The summed E-state index contributed by atoms with van der Waals surface area (Å²) in [6.07, 6.45) is 6.05. The summed E-state index contributed by atoms with van der Waals surface area (Å²) >= 11 is 1.73. The third-order valence-corrected chi connectivity index (χ3v) is 5.16. The summed E-state index contributed by atoms with van der Waals surface area (Å²) in [5.74, 6) is 0.0850. The van der Waals surface area contributed by atoms with Gasteiger partial charge in [-0.05, 0) is 50.4 Å². The topological polar surface area (TPSA) is 59.0 Å². The van der Waals surface area contributed by atoms with E-state index in [9.17, 15) is 4.79 Å². The van der Waals surface area contributed by atoms with E-state index in [1.807, 2.05) is 23.0 Å². The predicted octanol–water partition coefficient (Wildman–Crippen LogP) is 2.19. The highest BCUT2D eigenvalue weighted by atomic mass is 35.5. The number of piperidine rings is 1. The molecule has 23 heavy (non-hydrogen) atoms. The van der Waals surface area contributed by atoms with Crippen LogP contribution in [0.15, 0.2) is 36.0 Å². The predicted molar refractivity (Wildman–Crippen MR) is 95.2 cm³/mol. The first-order valence-corrected chi connectivity index (χ1v) is 8.63. The molecule has 3 rings (SSSR count). The molecule has 0 aromatic carbocycles. The Bertz CT molecular complexity index is 594. The fraction of sp³-hybridized carbons (Fsp3) is 0.500. The molecule has 2 aromatic heterocycles. The molecule has 1 aliphatic heterocycles. The zero-order chi connectivity index (χ0) is 15.4. The van der Waals surface area contributed by atoms with Crippen LogP contribution in [0.25, 0.3) is 0 Å². The Kier molecular flexibility index (Phi) is 6.21. The van der Waals surface area contributed by atoms with Gasteiger partial charge in [-0.3, -0.25) is 9.48 Å². The molecule has 1 saturated heterocycles. The summed E-state index contributed by atoms with van der Waals surface area (Å²) in [6.45, 7) is 3.74. The van der Waals surface area contributed by atoms with Crippen molar-refractivity contribution < 1.29 is 4.79 Å². The first kappa shape index (κ1) is 18.0. The molecular weight excluding hydrogens is 332 g/mol. The molecule has 0 aliphatic carbocycles. The van der Waals surface area contributed by atoms with Crippen molar-refractivity contribution in [1.82, 2.24) is 20.4 Å². The van der Waals surface area contributed by atoms with Crippen LogP contribution in [-0.4, -0.2) is 34.8 Å². The molecule has 2 N–H and O–H groups in total. The second-order valence-corrected chi connectivity index (χ2v) is 6.92. The van der Waals surface area contributed by atoms with Gasteiger partial charge in [0.15, 0.2) is 0 Å². The number of carbonyl (C=O) groups excluding carboxylic acids is 1. The standard InChI is InChI=1S/C16H22N4OS.ClH/c1-13(12-14-4-2-11-22-14)19-15(21)16(5-8-17-9-6-16)20-10-3-7-18-20;/h2-4,7,10-11,13,17H,5-6,8-9,12H2,1H3,(H,19,21);1H. The lowest BCUT2D eigenvalue weighted by atomic mass is 9.87. The maximum absolute atomic E-state index is 13.0. The molecule has 1 aliphatic rings. The summed E-state index contributed by atoms with van der Waals surface area (Å²) in [4.78, 5) is 14.3. The van der Waals surface area contributed by atoms with Crippen LogP contribution in [0.2, 0.25) is 0 Å². The van der Waals surface area contributed by atoms with Crippen LogP contribution >= 0.6 is 23.7 Å². The zero-order valence-electron chi connectivity index (χ0n) is 13.2. The number of hydrogen-bond acceptors (Lipinski definition) is 4. The molecule has 2 aromatic rings. The van der Waals surface area contributed by atoms with Gasteiger partial charge in [-0.1, -0.05) is 6.07 Å². The van der Waals surface area contributed by atoms with Gasteiger partial charge in [0.05, 0.1) is 0 Å². The molecule has 1 amide bonds. The molecular formula is C16H23ClN4OS. The third kappa shape index (κ3) is 3.94. The Hall–Kier alpha value is -1.37. The van der Waals surface area contributed by atoms with E-state index in [1.54, 1.807) is 17.5 Å². The van der Waals surface area contributed by atoms with Gasteiger partial charge in [-0.25, -0.2) is 0 Å². The van der Waals surface area contributed by atoms with Gasteiger partial charge in [0.1, 0.15) is 5.54 Å². The third-order valence-electron chi connectivity index (χ3n) is 4.26. The van der Waals surface area contributed by atoms with Crippen LogP contribution in [0.3, 0.4) is 0 Å². The quantitative estimate of drug-likeness (QED) is 0.865. The molecule has 0 spiro atoms. The summed E-state index contributed by atoms with van der Waals surface area (Å²) in [7, 11) is 0. The summed E-state index contributed by atoms with van der Waals surface area (Å²) in [5.41, 5.74) is -0.557. The van der Waals surface area contributed by atoms with Crippen molar-refractivity contribution in [3.05, 3.63) is 40.8 Å². The number of aromatic nitrogens is 2. The highest BCUT2D eigenvalue weighted by Crippen LogP contribution is 2.27. The van der Waals surface area contributed by atoms with E-state index in [0.717, 1.165) is 32.4 Å². The van der Waals surface area contributed by atoms with Crippen molar-refractivity contribution in [1.29, 1.82) is 0 Å². The highest BCUT2D eigenvalue weighted by Gasteiger charge is 2.42. The van der Waals surface area contributed by atoms with E-state index >= 15 is 0 Å². The Morgan fingerprint density at radius 2 is 2.26 bits per heavy atom. The molecule has 1 atom stereocenters. The van der Waals surface area contributed by atoms with Crippen LogP contribution < -0.4 is 10.6 Å². The normalized spacial score (nSPS) is 18.0. The van der Waals surface area contributed by atoms with Crippen LogP contribution in [0.1, 0.15) is 24.6 Å². The van der Waals surface area contributed by atoms with E-state index < -0.39 is 5.54 Å². The Labute approximate surface area is 146 Å². The molecule has 0 bridgehead atoms. The average molecular weight is 355 g/mol. The van der Waals surface area contributed by atoms with Crippen molar-refractivity contribution in [3.8, 4) is 0 Å². The monoisotopic (exact) mass is 354 g/mol. The zero-order valence-corrected chi connectivity index (χ0v) is 14.8. The summed E-state index contributed by atoms with van der Waals surface area (Å²) in [5, 5.41) is 12.9. The first-order valence-electron chi connectivity index (χ1n) is 7.75. The molecule has 0 saturated carbocycles. The molecule has 126 valence electrons. The largest absolute Gasteiger partial charge is 0.351 e. The van der Waals surface area contributed by atoms with E-state index in [-0.39, 0.29) is 24.4 Å². The lowest BCUT2D eigenvalue weighted by Gasteiger charge is -2.37. The van der Waals surface area contributed by atoms with Gasteiger partial charge in [-0.15, -0.1) is 23.7 Å². The van der Waals surface area contributed by atoms with E-state index in [1.165, 1.54) is 4.88 Å². The molecule has 1 fully saturated rings. The minimum absolute atomic E-state index is 0. The lowest BCUT2D eigenvalue weighted by molar-refractivity contribution is -0.132. The number of nitrogens with one attached hydrogen (secondary N) is 2. The smallest absolute Gasteiger partial charge is 0.248 e. The minimum atomic E-state index is -0.557. The van der Waals surface area contributed by atoms with Crippen molar-refractivity contribution >= 4 is 29.7 Å². The number of carbonyl (C=O) groups is 1. The number of thiophene rings is 1. The van der Waals surface area contributed by atoms with Gasteiger partial charge in [0.25, 0.3) is 0 Å². The fourth-order valence-corrected chi connectivity index (χ4v) is 3.90. The van der Waals surface area contributed by atoms with Crippen LogP contribution in [0.4, 0.5) is 0 Å². The average Bonchev–Trinajstić information content (AvgIpc) is 3.21. The summed E-state index contributed by atoms with van der Waals surface area (Å²) in [6, 6.07) is 6.16. The van der Waals surface area contributed by atoms with Crippen molar-refractivity contribution in [2.75, 3.05) is 13.1 Å². The lowest BCUT2D eigenvalue weighted by Crippen LogP contribution is -2.56. The Morgan fingerprint density at radius 1 is 1.48 bits per heavy atom. The molecule has 3 heterocycles. The molecule has 1 unspecified atom stereocenters. The van der Waals surface area contributed by atoms with Gasteiger partial charge in [-0.2, -0.15) is 5.10 Å². The van der Waals surface area contributed by atoms with Crippen molar-refractivity contribution in [2.45, 2.75) is 37.8 Å². The second kappa shape index (κ2) is 7.95. The maximum atomic E-state index is 13.0. The van der Waals surface area contributed by atoms with Crippen LogP contribution in [-0.2, 0) is 16.8 Å². The van der Waals surface area contributed by atoms with E-state index in [0.29, 0.717) is 0 Å². The number of halogens is 1.